The Morgan fingerprint density at radius 1 is 1.42 bits per heavy atom. The van der Waals surface area contributed by atoms with Crippen LogP contribution in [0.4, 0.5) is 4.79 Å². The van der Waals surface area contributed by atoms with Crippen LogP contribution in [-0.2, 0) is 4.79 Å². The predicted molar refractivity (Wildman–Crippen MR) is 77.5 cm³/mol. The first kappa shape index (κ1) is 16.1. The van der Waals surface area contributed by atoms with E-state index in [2.05, 4.69) is 16.9 Å². The number of hydrogen-bond donors (Lipinski definition) is 3. The fourth-order valence-corrected chi connectivity index (χ4v) is 3.27. The molecular weight excluding hydrogens is 264 g/mol. The van der Waals surface area contributed by atoms with Crippen LogP contribution in [0.1, 0.15) is 39.0 Å². The van der Waals surface area contributed by atoms with Gasteiger partial charge in [-0.2, -0.15) is 11.8 Å². The van der Waals surface area contributed by atoms with E-state index in [0.717, 1.165) is 6.42 Å². The minimum absolute atomic E-state index is 0.131. The molecule has 2 amide bonds. The molecule has 3 atom stereocenters. The van der Waals surface area contributed by atoms with Crippen molar-refractivity contribution in [2.45, 2.75) is 50.3 Å². The van der Waals surface area contributed by atoms with Gasteiger partial charge in [-0.3, -0.25) is 4.79 Å². The van der Waals surface area contributed by atoms with Crippen molar-refractivity contribution in [2.24, 2.45) is 5.92 Å². The SMILES string of the molecule is CSC1CCCC1NC(=O)NCC(C)CCC(=O)O. The zero-order valence-electron chi connectivity index (χ0n) is 11.6. The van der Waals surface area contributed by atoms with E-state index in [9.17, 15) is 9.59 Å². The van der Waals surface area contributed by atoms with Crippen LogP contribution in [0.25, 0.3) is 0 Å². The van der Waals surface area contributed by atoms with Crippen LogP contribution in [0.5, 0.6) is 0 Å². The van der Waals surface area contributed by atoms with Crippen molar-refractivity contribution in [3.05, 3.63) is 0 Å². The number of carboxylic acid groups (broad SMARTS) is 1. The van der Waals surface area contributed by atoms with Crippen molar-refractivity contribution in [2.75, 3.05) is 12.8 Å². The van der Waals surface area contributed by atoms with Crippen molar-refractivity contribution in [1.82, 2.24) is 10.6 Å². The molecule has 0 aromatic carbocycles. The zero-order valence-corrected chi connectivity index (χ0v) is 12.5. The highest BCUT2D eigenvalue weighted by Crippen LogP contribution is 2.28. The quantitative estimate of drug-likeness (QED) is 0.670. The Morgan fingerprint density at radius 3 is 2.79 bits per heavy atom. The minimum Gasteiger partial charge on any atom is -0.481 e. The van der Waals surface area contributed by atoms with Gasteiger partial charge in [0.15, 0.2) is 0 Å². The van der Waals surface area contributed by atoms with Gasteiger partial charge in [-0.1, -0.05) is 13.3 Å². The van der Waals surface area contributed by atoms with Gasteiger partial charge in [-0.05, 0) is 31.4 Å². The first-order valence-electron chi connectivity index (χ1n) is 6.82. The summed E-state index contributed by atoms with van der Waals surface area (Å²) in [5, 5.41) is 14.9. The van der Waals surface area contributed by atoms with Crippen molar-refractivity contribution < 1.29 is 14.7 Å². The fraction of sp³-hybridized carbons (Fsp3) is 0.846. The Bertz CT molecular complexity index is 312. The molecule has 1 fully saturated rings. The number of nitrogens with one attached hydrogen (secondary N) is 2. The van der Waals surface area contributed by atoms with E-state index in [1.54, 1.807) is 0 Å². The summed E-state index contributed by atoms with van der Waals surface area (Å²) in [7, 11) is 0. The Balaban J connectivity index is 2.18. The Hall–Kier alpha value is -0.910. The highest BCUT2D eigenvalue weighted by molar-refractivity contribution is 7.99. The van der Waals surface area contributed by atoms with Gasteiger partial charge in [0, 0.05) is 24.3 Å². The molecule has 1 aliphatic rings. The standard InChI is InChI=1S/C13H24N2O3S/c1-9(6-7-12(16)17)8-14-13(18)15-10-4-3-5-11(10)19-2/h9-11H,3-8H2,1-2H3,(H,16,17)(H2,14,15,18). The first-order chi connectivity index (χ1) is 9.02. The fourth-order valence-electron chi connectivity index (χ4n) is 2.33. The third-order valence-corrected chi connectivity index (χ3v) is 4.70. The minimum atomic E-state index is -0.787. The van der Waals surface area contributed by atoms with Gasteiger partial charge in [0.25, 0.3) is 0 Å². The maximum atomic E-state index is 11.8. The van der Waals surface area contributed by atoms with E-state index in [0.29, 0.717) is 18.2 Å². The van der Waals surface area contributed by atoms with E-state index in [1.165, 1.54) is 12.8 Å². The number of thioether (sulfide) groups is 1. The van der Waals surface area contributed by atoms with E-state index in [1.807, 2.05) is 18.7 Å². The molecule has 5 nitrogen and oxygen atoms in total. The topological polar surface area (TPSA) is 78.4 Å². The molecule has 3 unspecified atom stereocenters. The molecule has 0 heterocycles. The Kier molecular flexibility index (Phi) is 7.05. The highest BCUT2D eigenvalue weighted by Gasteiger charge is 2.27. The number of aliphatic carboxylic acids is 1. The third-order valence-electron chi connectivity index (χ3n) is 3.53. The third kappa shape index (κ3) is 6.18. The molecule has 1 rings (SSSR count). The van der Waals surface area contributed by atoms with E-state index >= 15 is 0 Å². The van der Waals surface area contributed by atoms with Crippen LogP contribution in [0.3, 0.4) is 0 Å². The number of rotatable bonds is 7. The average Bonchev–Trinajstić information content (AvgIpc) is 2.81. The number of hydrogen-bond acceptors (Lipinski definition) is 3. The Labute approximate surface area is 118 Å². The van der Waals surface area contributed by atoms with Crippen LogP contribution in [-0.4, -0.2) is 41.2 Å². The largest absolute Gasteiger partial charge is 0.481 e. The molecule has 19 heavy (non-hydrogen) atoms. The highest BCUT2D eigenvalue weighted by atomic mass is 32.2. The molecule has 3 N–H and O–H groups in total. The molecule has 0 aromatic heterocycles. The summed E-state index contributed by atoms with van der Waals surface area (Å²) in [4.78, 5) is 22.2. The van der Waals surface area contributed by atoms with Crippen LogP contribution < -0.4 is 10.6 Å². The summed E-state index contributed by atoms with van der Waals surface area (Å²) in [5.41, 5.74) is 0. The van der Waals surface area contributed by atoms with Crippen LogP contribution in [0.2, 0.25) is 0 Å². The molecular formula is C13H24N2O3S. The molecule has 0 aliphatic heterocycles. The molecule has 6 heteroatoms. The maximum absolute atomic E-state index is 11.8. The van der Waals surface area contributed by atoms with E-state index < -0.39 is 5.97 Å². The van der Waals surface area contributed by atoms with Gasteiger partial charge in [-0.25, -0.2) is 4.79 Å². The van der Waals surface area contributed by atoms with Crippen molar-refractivity contribution in [1.29, 1.82) is 0 Å². The smallest absolute Gasteiger partial charge is 0.315 e. The first-order valence-corrected chi connectivity index (χ1v) is 8.10. The molecule has 0 spiro atoms. The van der Waals surface area contributed by atoms with Crippen molar-refractivity contribution in [3.8, 4) is 0 Å². The lowest BCUT2D eigenvalue weighted by atomic mass is 10.1. The summed E-state index contributed by atoms with van der Waals surface area (Å²) >= 11 is 1.81. The molecule has 1 saturated carbocycles. The average molecular weight is 288 g/mol. The molecule has 0 saturated heterocycles. The second-order valence-corrected chi connectivity index (χ2v) is 6.28. The number of carbonyl (C=O) groups excluding carboxylic acids is 1. The lowest BCUT2D eigenvalue weighted by Gasteiger charge is -2.20. The molecule has 0 bridgehead atoms. The van der Waals surface area contributed by atoms with Gasteiger partial charge < -0.3 is 15.7 Å². The summed E-state index contributed by atoms with van der Waals surface area (Å²) in [5.74, 6) is -0.605. The van der Waals surface area contributed by atoms with Crippen LogP contribution in [0, 0.1) is 5.92 Å². The summed E-state index contributed by atoms with van der Waals surface area (Å²) < 4.78 is 0. The molecule has 1 aliphatic carbocycles. The van der Waals surface area contributed by atoms with Gasteiger partial charge in [0.05, 0.1) is 0 Å². The van der Waals surface area contributed by atoms with Crippen LogP contribution in [0.15, 0.2) is 0 Å². The summed E-state index contributed by atoms with van der Waals surface area (Å²) in [6.07, 6.45) is 6.21. The predicted octanol–water partition coefficient (Wildman–Crippen LogP) is 2.07. The van der Waals surface area contributed by atoms with Gasteiger partial charge >= 0.3 is 12.0 Å². The van der Waals surface area contributed by atoms with E-state index in [4.69, 9.17) is 5.11 Å². The van der Waals surface area contributed by atoms with Crippen LogP contribution >= 0.6 is 11.8 Å². The molecule has 110 valence electrons. The summed E-state index contributed by atoms with van der Waals surface area (Å²) in [6, 6.07) is 0.137. The maximum Gasteiger partial charge on any atom is 0.315 e. The second kappa shape index (κ2) is 8.30. The van der Waals surface area contributed by atoms with Crippen molar-refractivity contribution >= 4 is 23.8 Å². The molecule has 0 radical (unpaired) electrons. The van der Waals surface area contributed by atoms with Crippen molar-refractivity contribution in [3.63, 3.8) is 0 Å². The Morgan fingerprint density at radius 2 is 2.16 bits per heavy atom. The number of carboxylic acids is 1. The lowest BCUT2D eigenvalue weighted by molar-refractivity contribution is -0.137. The van der Waals surface area contributed by atoms with Gasteiger partial charge in [0.2, 0.25) is 0 Å². The van der Waals surface area contributed by atoms with E-state index in [-0.39, 0.29) is 24.4 Å². The second-order valence-electron chi connectivity index (χ2n) is 5.20. The van der Waals surface area contributed by atoms with Gasteiger partial charge in [0.1, 0.15) is 0 Å². The number of urea groups is 1. The van der Waals surface area contributed by atoms with Gasteiger partial charge in [-0.15, -0.1) is 0 Å². The number of amides is 2. The molecule has 0 aromatic rings. The zero-order chi connectivity index (χ0) is 14.3. The lowest BCUT2D eigenvalue weighted by Crippen LogP contribution is -2.45. The monoisotopic (exact) mass is 288 g/mol. The number of carbonyl (C=O) groups is 2. The normalized spacial score (nSPS) is 23.9. The summed E-state index contributed by atoms with van der Waals surface area (Å²) in [6.45, 7) is 2.47.